The molecule has 0 bridgehead atoms. The summed E-state index contributed by atoms with van der Waals surface area (Å²) in [6.45, 7) is 4.35. The number of aryl methyl sites for hydroxylation is 1. The van der Waals surface area contributed by atoms with Crippen LogP contribution < -0.4 is 5.32 Å². The Labute approximate surface area is 107 Å². The number of ether oxygens (including phenoxy) is 1. The summed E-state index contributed by atoms with van der Waals surface area (Å²) in [6.07, 6.45) is -0.0758. The van der Waals surface area contributed by atoms with E-state index in [1.165, 1.54) is 0 Å². The van der Waals surface area contributed by atoms with Crippen LogP contribution in [0.4, 0.5) is 0 Å². The van der Waals surface area contributed by atoms with Crippen LogP contribution in [0.5, 0.6) is 0 Å². The molecule has 0 amide bonds. The van der Waals surface area contributed by atoms with Gasteiger partial charge in [0.1, 0.15) is 0 Å². The van der Waals surface area contributed by atoms with Crippen LogP contribution in [0.15, 0.2) is 18.2 Å². The zero-order valence-electron chi connectivity index (χ0n) is 9.95. The zero-order chi connectivity index (χ0) is 12.3. The molecule has 0 aliphatic carbocycles. The van der Waals surface area contributed by atoms with Gasteiger partial charge < -0.3 is 15.2 Å². The molecule has 0 aromatic heterocycles. The molecule has 1 saturated heterocycles. The van der Waals surface area contributed by atoms with Crippen molar-refractivity contribution in [1.82, 2.24) is 5.32 Å². The highest BCUT2D eigenvalue weighted by Gasteiger charge is 2.25. The molecule has 3 nitrogen and oxygen atoms in total. The van der Waals surface area contributed by atoms with Crippen LogP contribution in [-0.2, 0) is 4.74 Å². The van der Waals surface area contributed by atoms with E-state index in [0.717, 1.165) is 29.2 Å². The summed E-state index contributed by atoms with van der Waals surface area (Å²) in [7, 11) is 0. The zero-order valence-corrected chi connectivity index (χ0v) is 10.7. The van der Waals surface area contributed by atoms with E-state index in [9.17, 15) is 5.11 Å². The highest BCUT2D eigenvalue weighted by atomic mass is 35.5. The molecule has 0 unspecified atom stereocenters. The van der Waals surface area contributed by atoms with Crippen LogP contribution in [0.25, 0.3) is 0 Å². The van der Waals surface area contributed by atoms with Crippen LogP contribution in [0.3, 0.4) is 0 Å². The van der Waals surface area contributed by atoms with Crippen LogP contribution in [-0.4, -0.2) is 31.4 Å². The molecular formula is C13H18ClNO2. The van der Waals surface area contributed by atoms with Crippen molar-refractivity contribution in [2.45, 2.75) is 13.0 Å². The van der Waals surface area contributed by atoms with Gasteiger partial charge in [0, 0.05) is 30.6 Å². The summed E-state index contributed by atoms with van der Waals surface area (Å²) in [4.78, 5) is 0. The molecule has 1 aliphatic rings. The fourth-order valence-electron chi connectivity index (χ4n) is 2.10. The molecule has 17 heavy (non-hydrogen) atoms. The number of benzene rings is 1. The monoisotopic (exact) mass is 255 g/mol. The molecule has 0 saturated carbocycles. The Balaban J connectivity index is 2.25. The predicted molar refractivity (Wildman–Crippen MR) is 68.3 cm³/mol. The third-order valence-electron chi connectivity index (χ3n) is 3.17. The third-order valence-corrected chi connectivity index (χ3v) is 3.58. The lowest BCUT2D eigenvalue weighted by Crippen LogP contribution is -2.27. The van der Waals surface area contributed by atoms with Crippen molar-refractivity contribution in [3.05, 3.63) is 34.3 Å². The van der Waals surface area contributed by atoms with Crippen LogP contribution >= 0.6 is 11.6 Å². The average molecular weight is 256 g/mol. The molecule has 1 heterocycles. The van der Waals surface area contributed by atoms with E-state index >= 15 is 0 Å². The second-order valence-electron chi connectivity index (χ2n) is 4.45. The molecule has 1 aromatic rings. The first-order valence-corrected chi connectivity index (χ1v) is 6.29. The Kier molecular flexibility index (Phi) is 4.40. The van der Waals surface area contributed by atoms with E-state index in [4.69, 9.17) is 16.3 Å². The van der Waals surface area contributed by atoms with Crippen molar-refractivity contribution in [2.24, 2.45) is 5.92 Å². The first kappa shape index (κ1) is 12.8. The van der Waals surface area contributed by atoms with Crippen LogP contribution in [0, 0.1) is 12.8 Å². The number of halogens is 1. The summed E-state index contributed by atoms with van der Waals surface area (Å²) in [6, 6.07) is 5.96. The Bertz CT molecular complexity index is 384. The quantitative estimate of drug-likeness (QED) is 0.849. The minimum absolute atomic E-state index is 0.0758. The normalized spacial score (nSPS) is 25.6. The van der Waals surface area contributed by atoms with Crippen LogP contribution in [0.1, 0.15) is 17.2 Å². The summed E-state index contributed by atoms with van der Waals surface area (Å²) < 4.78 is 5.81. The third kappa shape index (κ3) is 2.99. The summed E-state index contributed by atoms with van der Waals surface area (Å²) in [5, 5.41) is 13.4. The van der Waals surface area contributed by atoms with Gasteiger partial charge in [-0.25, -0.2) is 0 Å². The van der Waals surface area contributed by atoms with E-state index < -0.39 is 0 Å². The highest BCUT2D eigenvalue weighted by molar-refractivity contribution is 6.31. The van der Waals surface area contributed by atoms with Gasteiger partial charge in [-0.15, -0.1) is 0 Å². The largest absolute Gasteiger partial charge is 0.396 e. The summed E-state index contributed by atoms with van der Waals surface area (Å²) >= 11 is 6.13. The van der Waals surface area contributed by atoms with Gasteiger partial charge >= 0.3 is 0 Å². The summed E-state index contributed by atoms with van der Waals surface area (Å²) in [5.41, 5.74) is 2.10. The van der Waals surface area contributed by atoms with Crippen molar-refractivity contribution in [1.29, 1.82) is 0 Å². The lowest BCUT2D eigenvalue weighted by molar-refractivity contribution is 0.0115. The minimum Gasteiger partial charge on any atom is -0.396 e. The van der Waals surface area contributed by atoms with Gasteiger partial charge in [0.25, 0.3) is 0 Å². The van der Waals surface area contributed by atoms with Gasteiger partial charge in [-0.1, -0.05) is 23.7 Å². The van der Waals surface area contributed by atoms with Gasteiger partial charge in [-0.3, -0.25) is 0 Å². The van der Waals surface area contributed by atoms with Crippen molar-refractivity contribution in [2.75, 3.05) is 26.3 Å². The second-order valence-corrected chi connectivity index (χ2v) is 4.85. The van der Waals surface area contributed by atoms with Gasteiger partial charge in [0.05, 0.1) is 12.7 Å². The maximum Gasteiger partial charge on any atom is 0.0888 e. The lowest BCUT2D eigenvalue weighted by atomic mass is 9.95. The van der Waals surface area contributed by atoms with Gasteiger partial charge in [-0.2, -0.15) is 0 Å². The van der Waals surface area contributed by atoms with E-state index in [-0.39, 0.29) is 18.6 Å². The Hall–Kier alpha value is -0.610. The highest BCUT2D eigenvalue weighted by Crippen LogP contribution is 2.29. The topological polar surface area (TPSA) is 41.5 Å². The first-order valence-electron chi connectivity index (χ1n) is 5.91. The predicted octanol–water partition coefficient (Wildman–Crippen LogP) is 1.92. The van der Waals surface area contributed by atoms with E-state index in [0.29, 0.717) is 6.61 Å². The average Bonchev–Trinajstić information content (AvgIpc) is 2.57. The van der Waals surface area contributed by atoms with Gasteiger partial charge in [-0.05, 0) is 24.1 Å². The lowest BCUT2D eigenvalue weighted by Gasteiger charge is -2.23. The maximum atomic E-state index is 9.42. The number of hydrogen-bond acceptors (Lipinski definition) is 3. The molecule has 94 valence electrons. The standard InChI is InChI=1S/C13H18ClNO2/c1-9-2-3-10(6-12(9)14)13-11(8-16)7-15-4-5-17-13/h2-3,6,11,13,15-16H,4-5,7-8H2,1H3/t11-,13-/m1/s1. The molecule has 0 spiro atoms. The molecule has 0 radical (unpaired) electrons. The fraction of sp³-hybridized carbons (Fsp3) is 0.538. The second kappa shape index (κ2) is 5.83. The molecule has 1 fully saturated rings. The van der Waals surface area contributed by atoms with E-state index in [1.54, 1.807) is 0 Å². The SMILES string of the molecule is Cc1ccc([C@H]2OCCNC[C@@H]2CO)cc1Cl. The molecule has 2 N–H and O–H groups in total. The van der Waals surface area contributed by atoms with Gasteiger partial charge in [0.2, 0.25) is 0 Å². The number of nitrogens with one attached hydrogen (secondary N) is 1. The number of rotatable bonds is 2. The first-order chi connectivity index (χ1) is 8.22. The Morgan fingerprint density at radius 2 is 2.35 bits per heavy atom. The molecule has 2 rings (SSSR count). The van der Waals surface area contributed by atoms with Crippen molar-refractivity contribution in [3.8, 4) is 0 Å². The van der Waals surface area contributed by atoms with E-state index in [2.05, 4.69) is 5.32 Å². The molecule has 1 aromatic carbocycles. The Morgan fingerprint density at radius 3 is 3.06 bits per heavy atom. The Morgan fingerprint density at radius 1 is 1.53 bits per heavy atom. The molecule has 4 heteroatoms. The van der Waals surface area contributed by atoms with Gasteiger partial charge in [0.15, 0.2) is 0 Å². The minimum atomic E-state index is -0.0758. The van der Waals surface area contributed by atoms with Crippen molar-refractivity contribution >= 4 is 11.6 Å². The fourth-order valence-corrected chi connectivity index (χ4v) is 2.29. The number of aliphatic hydroxyl groups excluding tert-OH is 1. The number of hydrogen-bond donors (Lipinski definition) is 2. The van der Waals surface area contributed by atoms with Crippen molar-refractivity contribution in [3.63, 3.8) is 0 Å². The van der Waals surface area contributed by atoms with Crippen molar-refractivity contribution < 1.29 is 9.84 Å². The number of aliphatic hydroxyl groups is 1. The van der Waals surface area contributed by atoms with E-state index in [1.807, 2.05) is 25.1 Å². The molecule has 2 atom stereocenters. The summed E-state index contributed by atoms with van der Waals surface area (Å²) in [5.74, 6) is 0.0799. The molecular weight excluding hydrogens is 238 g/mol. The molecule has 1 aliphatic heterocycles. The smallest absolute Gasteiger partial charge is 0.0888 e. The van der Waals surface area contributed by atoms with Crippen LogP contribution in [0.2, 0.25) is 5.02 Å². The maximum absolute atomic E-state index is 9.42.